The highest BCUT2D eigenvalue weighted by Crippen LogP contribution is 2.30. The Balaban J connectivity index is 2.00. The van der Waals surface area contributed by atoms with Gasteiger partial charge in [0.15, 0.2) is 0 Å². The molecule has 0 aromatic carbocycles. The number of thiophene rings is 1. The van der Waals surface area contributed by atoms with Gasteiger partial charge in [-0.05, 0) is 28.6 Å². The van der Waals surface area contributed by atoms with Gasteiger partial charge in [0.25, 0.3) is 0 Å². The van der Waals surface area contributed by atoms with Gasteiger partial charge in [-0.15, -0.1) is 11.3 Å². The van der Waals surface area contributed by atoms with Crippen molar-refractivity contribution in [3.05, 3.63) is 52.0 Å². The van der Waals surface area contributed by atoms with Crippen LogP contribution < -0.4 is 5.73 Å². The number of nitrogens with zero attached hydrogens (tertiary/aromatic N) is 2. The van der Waals surface area contributed by atoms with Gasteiger partial charge in [-0.3, -0.25) is 9.98 Å². The van der Waals surface area contributed by atoms with Crippen molar-refractivity contribution in [3.63, 3.8) is 0 Å². The van der Waals surface area contributed by atoms with Gasteiger partial charge in [0.2, 0.25) is 0 Å². The summed E-state index contributed by atoms with van der Waals surface area (Å²) in [5.74, 6) is 0.658. The Labute approximate surface area is 97.7 Å². The summed E-state index contributed by atoms with van der Waals surface area (Å²) < 4.78 is 0. The predicted octanol–water partition coefficient (Wildman–Crippen LogP) is 2.15. The molecule has 0 bridgehead atoms. The number of aromatic nitrogens is 1. The third kappa shape index (κ3) is 1.51. The summed E-state index contributed by atoms with van der Waals surface area (Å²) in [5.41, 5.74) is 8.38. The first-order valence-corrected chi connectivity index (χ1v) is 6.02. The Bertz CT molecular complexity index is 530. The quantitative estimate of drug-likeness (QED) is 0.814. The summed E-state index contributed by atoms with van der Waals surface area (Å²) in [6.45, 7) is 0. The van der Waals surface area contributed by atoms with E-state index in [2.05, 4.69) is 21.4 Å². The lowest BCUT2D eigenvalue weighted by molar-refractivity contribution is 0.710. The smallest absolute Gasteiger partial charge is 0.136 e. The van der Waals surface area contributed by atoms with Crippen LogP contribution in [0, 0.1) is 0 Å². The summed E-state index contributed by atoms with van der Waals surface area (Å²) in [6, 6.07) is 6.23. The molecule has 3 rings (SSSR count). The van der Waals surface area contributed by atoms with Crippen molar-refractivity contribution in [2.75, 3.05) is 0 Å². The molecule has 0 spiro atoms. The lowest BCUT2D eigenvalue weighted by atomic mass is 9.98. The van der Waals surface area contributed by atoms with Crippen LogP contribution in [-0.2, 0) is 6.42 Å². The zero-order valence-electron chi connectivity index (χ0n) is 8.63. The lowest BCUT2D eigenvalue weighted by Gasteiger charge is -2.18. The molecule has 1 atom stereocenters. The van der Waals surface area contributed by atoms with Gasteiger partial charge in [0.1, 0.15) is 5.84 Å². The van der Waals surface area contributed by atoms with E-state index in [9.17, 15) is 0 Å². The topological polar surface area (TPSA) is 51.3 Å². The molecule has 3 heterocycles. The minimum absolute atomic E-state index is 0.121. The normalized spacial score (nSPS) is 19.0. The van der Waals surface area contributed by atoms with Crippen molar-refractivity contribution in [1.82, 2.24) is 4.98 Å². The molecule has 0 amide bonds. The molecule has 2 aromatic heterocycles. The van der Waals surface area contributed by atoms with E-state index in [0.717, 1.165) is 16.9 Å². The maximum absolute atomic E-state index is 5.96. The number of hydrogen-bond acceptors (Lipinski definition) is 4. The first-order valence-electron chi connectivity index (χ1n) is 5.14. The molecule has 2 aromatic rings. The molecule has 0 aliphatic carbocycles. The first-order chi connectivity index (χ1) is 7.84. The van der Waals surface area contributed by atoms with Crippen LogP contribution in [0.15, 0.2) is 41.0 Å². The minimum Gasteiger partial charge on any atom is -0.383 e. The molecule has 0 radical (unpaired) electrons. The van der Waals surface area contributed by atoms with Crippen LogP contribution >= 0.6 is 11.3 Å². The summed E-state index contributed by atoms with van der Waals surface area (Å²) in [5, 5.41) is 2.07. The van der Waals surface area contributed by atoms with Crippen molar-refractivity contribution < 1.29 is 0 Å². The molecule has 3 nitrogen and oxygen atoms in total. The van der Waals surface area contributed by atoms with Gasteiger partial charge in [-0.25, -0.2) is 0 Å². The second-order valence-electron chi connectivity index (χ2n) is 3.80. The number of fused-ring (bicyclic) bond motifs is 1. The Hall–Kier alpha value is -1.68. The molecular weight excluding hydrogens is 218 g/mol. The van der Waals surface area contributed by atoms with E-state index in [-0.39, 0.29) is 6.04 Å². The molecular formula is C12H11N3S. The van der Waals surface area contributed by atoms with Crippen LogP contribution in [0.5, 0.6) is 0 Å². The maximum Gasteiger partial charge on any atom is 0.136 e. The zero-order valence-corrected chi connectivity index (χ0v) is 9.45. The van der Waals surface area contributed by atoms with E-state index in [1.807, 2.05) is 18.3 Å². The highest BCUT2D eigenvalue weighted by molar-refractivity contribution is 7.12. The van der Waals surface area contributed by atoms with Crippen LogP contribution in [0.3, 0.4) is 0 Å². The maximum atomic E-state index is 5.96. The van der Waals surface area contributed by atoms with Crippen molar-refractivity contribution in [3.8, 4) is 0 Å². The third-order valence-electron chi connectivity index (χ3n) is 2.76. The molecule has 1 aliphatic rings. The molecule has 0 saturated carbocycles. The average Bonchev–Trinajstić information content (AvgIpc) is 2.79. The van der Waals surface area contributed by atoms with Crippen LogP contribution in [0.1, 0.15) is 22.0 Å². The number of hydrogen-bond donors (Lipinski definition) is 1. The van der Waals surface area contributed by atoms with E-state index in [4.69, 9.17) is 5.73 Å². The Morgan fingerprint density at radius 1 is 1.38 bits per heavy atom. The summed E-state index contributed by atoms with van der Waals surface area (Å²) in [4.78, 5) is 9.78. The number of pyridine rings is 1. The van der Waals surface area contributed by atoms with E-state index in [1.165, 1.54) is 5.56 Å². The minimum atomic E-state index is 0.121. The summed E-state index contributed by atoms with van der Waals surface area (Å²) in [7, 11) is 0. The Morgan fingerprint density at radius 2 is 2.31 bits per heavy atom. The van der Waals surface area contributed by atoms with Gasteiger partial charge >= 0.3 is 0 Å². The van der Waals surface area contributed by atoms with Gasteiger partial charge in [0.05, 0.1) is 10.9 Å². The molecule has 4 heteroatoms. The highest BCUT2D eigenvalue weighted by Gasteiger charge is 2.21. The first kappa shape index (κ1) is 9.54. The van der Waals surface area contributed by atoms with Gasteiger partial charge in [-0.1, -0.05) is 6.07 Å². The molecule has 80 valence electrons. The average molecular weight is 229 g/mol. The summed E-state index contributed by atoms with van der Waals surface area (Å²) >= 11 is 1.66. The highest BCUT2D eigenvalue weighted by atomic mass is 32.1. The fourth-order valence-corrected chi connectivity index (χ4v) is 2.81. The van der Waals surface area contributed by atoms with Gasteiger partial charge in [0, 0.05) is 18.8 Å². The molecule has 2 N–H and O–H groups in total. The second-order valence-corrected chi connectivity index (χ2v) is 4.71. The molecule has 1 aliphatic heterocycles. The SMILES string of the molecule is NC1=NC(c2cccnc2)Cc2ccsc21. The fraction of sp³-hybridized carbons (Fsp3) is 0.167. The van der Waals surface area contributed by atoms with Crippen LogP contribution in [0.2, 0.25) is 0 Å². The Morgan fingerprint density at radius 3 is 3.12 bits per heavy atom. The number of nitrogens with two attached hydrogens (primary N) is 1. The van der Waals surface area contributed by atoms with Crippen molar-refractivity contribution in [2.45, 2.75) is 12.5 Å². The van der Waals surface area contributed by atoms with Gasteiger partial charge < -0.3 is 5.73 Å². The van der Waals surface area contributed by atoms with E-state index in [0.29, 0.717) is 5.84 Å². The monoisotopic (exact) mass is 229 g/mol. The van der Waals surface area contributed by atoms with E-state index in [1.54, 1.807) is 17.5 Å². The van der Waals surface area contributed by atoms with Crippen LogP contribution in [0.4, 0.5) is 0 Å². The van der Waals surface area contributed by atoms with Crippen molar-refractivity contribution >= 4 is 17.2 Å². The fourth-order valence-electron chi connectivity index (χ4n) is 1.97. The second kappa shape index (κ2) is 3.72. The van der Waals surface area contributed by atoms with E-state index >= 15 is 0 Å². The number of amidine groups is 1. The predicted molar refractivity (Wildman–Crippen MR) is 65.7 cm³/mol. The number of aliphatic imine (C=N–C) groups is 1. The molecule has 0 fully saturated rings. The molecule has 16 heavy (non-hydrogen) atoms. The third-order valence-corrected chi connectivity index (χ3v) is 3.74. The largest absolute Gasteiger partial charge is 0.383 e. The standard InChI is InChI=1S/C12H11N3S/c13-12-11-8(3-5-16-11)6-10(15-12)9-2-1-4-14-7-9/h1-5,7,10H,6H2,(H2,13,15). The Kier molecular flexibility index (Phi) is 2.22. The lowest BCUT2D eigenvalue weighted by Crippen LogP contribution is -2.21. The zero-order chi connectivity index (χ0) is 11.0. The van der Waals surface area contributed by atoms with Crippen molar-refractivity contribution in [2.24, 2.45) is 10.7 Å². The van der Waals surface area contributed by atoms with Crippen LogP contribution in [-0.4, -0.2) is 10.8 Å². The number of rotatable bonds is 1. The van der Waals surface area contributed by atoms with E-state index < -0.39 is 0 Å². The molecule has 0 saturated heterocycles. The van der Waals surface area contributed by atoms with Gasteiger partial charge in [-0.2, -0.15) is 0 Å². The van der Waals surface area contributed by atoms with Crippen LogP contribution in [0.25, 0.3) is 0 Å². The molecule has 1 unspecified atom stereocenters. The summed E-state index contributed by atoms with van der Waals surface area (Å²) in [6.07, 6.45) is 4.56. The van der Waals surface area contributed by atoms with Crippen molar-refractivity contribution in [1.29, 1.82) is 0 Å².